The second-order valence-electron chi connectivity index (χ2n) is 9.60. The van der Waals surface area contributed by atoms with Gasteiger partial charge in [-0.15, -0.1) is 0 Å². The van der Waals surface area contributed by atoms with Gasteiger partial charge in [0.25, 0.3) is 0 Å². The normalized spacial score (nSPS) is 19.9. The van der Waals surface area contributed by atoms with Crippen LogP contribution >= 0.6 is 0 Å². The Kier molecular flexibility index (Phi) is 10.2. The first-order chi connectivity index (χ1) is 16.4. The number of piperidine rings is 2. The lowest BCUT2D eigenvalue weighted by Gasteiger charge is -2.33. The molecule has 0 bridgehead atoms. The molecule has 0 aromatic heterocycles. The molecule has 0 aliphatic carbocycles. The Morgan fingerprint density at radius 1 is 1.18 bits per heavy atom. The van der Waals surface area contributed by atoms with Crippen LogP contribution in [-0.2, 0) is 20.8 Å². The van der Waals surface area contributed by atoms with Crippen LogP contribution in [0.1, 0.15) is 56.9 Å². The third kappa shape index (κ3) is 8.31. The van der Waals surface area contributed by atoms with Gasteiger partial charge in [-0.3, -0.25) is 14.4 Å². The molecule has 8 nitrogen and oxygen atoms in total. The molecule has 2 aliphatic rings. The van der Waals surface area contributed by atoms with Crippen LogP contribution in [0, 0.1) is 11.8 Å². The van der Waals surface area contributed by atoms with E-state index < -0.39 is 12.0 Å². The number of carboxylic acid groups (broad SMARTS) is 1. The van der Waals surface area contributed by atoms with Crippen LogP contribution in [0.5, 0.6) is 5.75 Å². The van der Waals surface area contributed by atoms with Gasteiger partial charge >= 0.3 is 5.97 Å². The summed E-state index contributed by atoms with van der Waals surface area (Å²) >= 11 is 0. The third-order valence-electron chi connectivity index (χ3n) is 7.08. The predicted molar refractivity (Wildman–Crippen MR) is 130 cm³/mol. The number of carbonyl (C=O) groups is 3. The molecule has 2 saturated heterocycles. The maximum atomic E-state index is 13.0. The molecule has 8 heteroatoms. The molecular weight excluding hydrogens is 434 g/mol. The summed E-state index contributed by atoms with van der Waals surface area (Å²) in [5.74, 6) is 0.157. The Hall–Kier alpha value is -2.61. The van der Waals surface area contributed by atoms with Crippen LogP contribution in [0.25, 0.3) is 0 Å². The van der Waals surface area contributed by atoms with Crippen molar-refractivity contribution in [3.05, 3.63) is 29.8 Å². The number of hydrogen-bond acceptors (Lipinski definition) is 5. The Bertz CT molecular complexity index is 807. The SMILES string of the molecule is COc1ccc(CC[C@H](CC(=O)O)NC(=O)[C@@H]2CCCN(C(=O)CCC3CCNCC3)C2)cc1. The van der Waals surface area contributed by atoms with Gasteiger partial charge in [0.1, 0.15) is 5.75 Å². The lowest BCUT2D eigenvalue weighted by Crippen LogP contribution is -2.48. The van der Waals surface area contributed by atoms with Crippen molar-refractivity contribution in [2.45, 2.75) is 63.8 Å². The van der Waals surface area contributed by atoms with Crippen LogP contribution in [0.15, 0.2) is 24.3 Å². The first-order valence-corrected chi connectivity index (χ1v) is 12.6. The lowest BCUT2D eigenvalue weighted by molar-refractivity contribution is -0.138. The van der Waals surface area contributed by atoms with Crippen molar-refractivity contribution in [3.8, 4) is 5.75 Å². The number of benzene rings is 1. The second-order valence-corrected chi connectivity index (χ2v) is 9.60. The number of nitrogens with one attached hydrogen (secondary N) is 2. The number of carbonyl (C=O) groups excluding carboxylic acids is 2. The molecule has 2 amide bonds. The Morgan fingerprint density at radius 2 is 1.91 bits per heavy atom. The summed E-state index contributed by atoms with van der Waals surface area (Å²) in [6, 6.07) is 7.20. The average molecular weight is 474 g/mol. The molecule has 3 N–H and O–H groups in total. The van der Waals surface area contributed by atoms with E-state index >= 15 is 0 Å². The Labute approximate surface area is 202 Å². The van der Waals surface area contributed by atoms with Gasteiger partial charge < -0.3 is 25.4 Å². The fourth-order valence-electron chi connectivity index (χ4n) is 4.96. The molecule has 188 valence electrons. The molecule has 3 rings (SSSR count). The van der Waals surface area contributed by atoms with Gasteiger partial charge in [0.15, 0.2) is 0 Å². The van der Waals surface area contributed by atoms with E-state index in [-0.39, 0.29) is 24.2 Å². The van der Waals surface area contributed by atoms with Crippen molar-refractivity contribution in [2.24, 2.45) is 11.8 Å². The van der Waals surface area contributed by atoms with E-state index in [0.29, 0.717) is 38.3 Å². The number of aliphatic carboxylic acids is 1. The molecule has 1 aromatic rings. The maximum Gasteiger partial charge on any atom is 0.305 e. The van der Waals surface area contributed by atoms with Crippen molar-refractivity contribution in [1.82, 2.24) is 15.5 Å². The molecule has 2 aliphatic heterocycles. The van der Waals surface area contributed by atoms with E-state index in [4.69, 9.17) is 4.74 Å². The highest BCUT2D eigenvalue weighted by Crippen LogP contribution is 2.22. The molecule has 2 heterocycles. The summed E-state index contributed by atoms with van der Waals surface area (Å²) in [7, 11) is 1.61. The van der Waals surface area contributed by atoms with Gasteiger partial charge in [0.05, 0.1) is 19.4 Å². The van der Waals surface area contributed by atoms with E-state index in [1.54, 1.807) is 7.11 Å². The van der Waals surface area contributed by atoms with E-state index in [1.807, 2.05) is 29.2 Å². The van der Waals surface area contributed by atoms with Gasteiger partial charge in [-0.25, -0.2) is 0 Å². The minimum atomic E-state index is -0.932. The van der Waals surface area contributed by atoms with Crippen molar-refractivity contribution in [2.75, 3.05) is 33.3 Å². The Balaban J connectivity index is 1.48. The summed E-state index contributed by atoms with van der Waals surface area (Å²) in [5, 5.41) is 15.6. The number of methoxy groups -OCH3 is 1. The lowest BCUT2D eigenvalue weighted by atomic mass is 9.92. The fraction of sp³-hybridized carbons (Fsp3) is 0.654. The standard InChI is InChI=1S/C26H39N3O5/c1-34-23-9-5-19(6-10-23)4-8-22(17-25(31)32)28-26(33)21-3-2-16-29(18-21)24(30)11-7-20-12-14-27-15-13-20/h5-6,9-10,20-22,27H,2-4,7-8,11-18H2,1H3,(H,28,33)(H,31,32)/t21-,22-/m1/s1. The molecule has 34 heavy (non-hydrogen) atoms. The molecule has 0 spiro atoms. The van der Waals surface area contributed by atoms with Crippen molar-refractivity contribution in [3.63, 3.8) is 0 Å². The minimum Gasteiger partial charge on any atom is -0.497 e. The topological polar surface area (TPSA) is 108 Å². The Morgan fingerprint density at radius 3 is 2.59 bits per heavy atom. The summed E-state index contributed by atoms with van der Waals surface area (Å²) in [6.07, 6.45) is 6.31. The van der Waals surface area contributed by atoms with E-state index in [9.17, 15) is 19.5 Å². The van der Waals surface area contributed by atoms with Crippen LogP contribution < -0.4 is 15.4 Å². The maximum absolute atomic E-state index is 13.0. The van der Waals surface area contributed by atoms with Gasteiger partial charge in [-0.2, -0.15) is 0 Å². The second kappa shape index (κ2) is 13.3. The van der Waals surface area contributed by atoms with Crippen molar-refractivity contribution >= 4 is 17.8 Å². The molecule has 1 aromatic carbocycles. The highest BCUT2D eigenvalue weighted by molar-refractivity contribution is 5.82. The van der Waals surface area contributed by atoms with E-state index in [1.165, 1.54) is 0 Å². The van der Waals surface area contributed by atoms with E-state index in [2.05, 4.69) is 10.6 Å². The molecule has 2 fully saturated rings. The third-order valence-corrected chi connectivity index (χ3v) is 7.08. The number of aryl methyl sites for hydroxylation is 1. The number of rotatable bonds is 11. The number of nitrogens with zero attached hydrogens (tertiary/aromatic N) is 1. The summed E-state index contributed by atoms with van der Waals surface area (Å²) in [5.41, 5.74) is 1.06. The first-order valence-electron chi connectivity index (χ1n) is 12.6. The van der Waals surface area contributed by atoms with E-state index in [0.717, 1.165) is 56.5 Å². The van der Waals surface area contributed by atoms with Crippen LogP contribution in [0.4, 0.5) is 0 Å². The van der Waals surface area contributed by atoms with Gasteiger partial charge in [0.2, 0.25) is 11.8 Å². The number of amides is 2. The molecular formula is C26H39N3O5. The molecule has 0 radical (unpaired) electrons. The first kappa shape index (κ1) is 26.0. The number of carboxylic acids is 1. The smallest absolute Gasteiger partial charge is 0.305 e. The van der Waals surface area contributed by atoms with Gasteiger partial charge in [0, 0.05) is 25.6 Å². The van der Waals surface area contributed by atoms with Gasteiger partial charge in [-0.05, 0) is 81.6 Å². The van der Waals surface area contributed by atoms with Gasteiger partial charge in [-0.1, -0.05) is 12.1 Å². The largest absolute Gasteiger partial charge is 0.497 e. The van der Waals surface area contributed by atoms with Crippen molar-refractivity contribution < 1.29 is 24.2 Å². The monoisotopic (exact) mass is 473 g/mol. The fourth-order valence-corrected chi connectivity index (χ4v) is 4.96. The highest BCUT2D eigenvalue weighted by atomic mass is 16.5. The number of hydrogen-bond donors (Lipinski definition) is 3. The minimum absolute atomic E-state index is 0.118. The molecule has 2 atom stereocenters. The molecule has 0 unspecified atom stereocenters. The number of likely N-dealkylation sites (tertiary alicyclic amines) is 1. The van der Waals surface area contributed by atoms with Crippen molar-refractivity contribution in [1.29, 1.82) is 0 Å². The van der Waals surface area contributed by atoms with Crippen LogP contribution in [-0.4, -0.2) is 67.1 Å². The summed E-state index contributed by atoms with van der Waals surface area (Å²) in [4.78, 5) is 39.0. The van der Waals surface area contributed by atoms with Crippen LogP contribution in [0.3, 0.4) is 0 Å². The summed E-state index contributed by atoms with van der Waals surface area (Å²) < 4.78 is 5.17. The predicted octanol–water partition coefficient (Wildman–Crippen LogP) is 2.61. The van der Waals surface area contributed by atoms with Crippen LogP contribution in [0.2, 0.25) is 0 Å². The average Bonchev–Trinajstić information content (AvgIpc) is 2.86. The quantitative estimate of drug-likeness (QED) is 0.456. The zero-order valence-electron chi connectivity index (χ0n) is 20.3. The highest BCUT2D eigenvalue weighted by Gasteiger charge is 2.30. The number of ether oxygens (including phenoxy) is 1. The zero-order chi connectivity index (χ0) is 24.3. The zero-order valence-corrected chi connectivity index (χ0v) is 20.3. The molecule has 0 saturated carbocycles. The summed E-state index contributed by atoms with van der Waals surface area (Å²) in [6.45, 7) is 3.18.